The van der Waals surface area contributed by atoms with E-state index in [9.17, 15) is 4.79 Å². The number of rotatable bonds is 5. The topological polar surface area (TPSA) is 55.1 Å². The molecule has 23 heavy (non-hydrogen) atoms. The molecule has 0 radical (unpaired) electrons. The van der Waals surface area contributed by atoms with E-state index in [-0.39, 0.29) is 11.9 Å². The van der Waals surface area contributed by atoms with Crippen molar-refractivity contribution >= 4 is 28.4 Å². The van der Waals surface area contributed by atoms with Crippen LogP contribution in [-0.4, -0.2) is 16.9 Å². The summed E-state index contributed by atoms with van der Waals surface area (Å²) >= 11 is 6.03. The molecule has 0 aliphatic carbocycles. The number of carbonyl (C=O) groups excluding carboxylic acids is 1. The zero-order valence-corrected chi connectivity index (χ0v) is 13.5. The first-order valence-corrected chi connectivity index (χ1v) is 7.90. The minimum Gasteiger partial charge on any atom is -0.469 e. The monoisotopic (exact) mass is 328 g/mol. The van der Waals surface area contributed by atoms with Crippen LogP contribution in [0.1, 0.15) is 29.5 Å². The van der Waals surface area contributed by atoms with Crippen LogP contribution in [0.2, 0.25) is 5.15 Å². The maximum absolute atomic E-state index is 12.6. The van der Waals surface area contributed by atoms with Crippen molar-refractivity contribution < 1.29 is 9.21 Å². The molecule has 0 saturated carbocycles. The Bertz CT molecular complexity index is 815. The summed E-state index contributed by atoms with van der Waals surface area (Å²) in [5.41, 5.74) is 1.26. The molecule has 1 N–H and O–H groups in total. The highest BCUT2D eigenvalue weighted by molar-refractivity contribution is 6.30. The summed E-state index contributed by atoms with van der Waals surface area (Å²) in [7, 11) is 0. The lowest BCUT2D eigenvalue weighted by Gasteiger charge is -2.14. The number of hydrogen-bond acceptors (Lipinski definition) is 3. The summed E-state index contributed by atoms with van der Waals surface area (Å²) < 4.78 is 5.31. The van der Waals surface area contributed by atoms with Gasteiger partial charge >= 0.3 is 0 Å². The van der Waals surface area contributed by atoms with Crippen molar-refractivity contribution in [2.75, 3.05) is 0 Å². The number of benzene rings is 1. The van der Waals surface area contributed by atoms with Gasteiger partial charge in [0.15, 0.2) is 0 Å². The molecule has 0 fully saturated rings. The number of hydrogen-bond donors (Lipinski definition) is 1. The Morgan fingerprint density at radius 2 is 2.13 bits per heavy atom. The fraction of sp³-hybridized carbons (Fsp3) is 0.222. The molecule has 1 unspecified atom stereocenters. The van der Waals surface area contributed by atoms with Gasteiger partial charge in [-0.2, -0.15) is 0 Å². The number of amides is 1. The minimum absolute atomic E-state index is 0.0262. The number of halogens is 1. The van der Waals surface area contributed by atoms with E-state index in [2.05, 4.69) is 10.3 Å². The molecule has 0 aliphatic heterocycles. The molecule has 2 heterocycles. The Morgan fingerprint density at radius 1 is 1.30 bits per heavy atom. The first-order chi connectivity index (χ1) is 11.1. The molecular formula is C18H17ClN2O2. The fourth-order valence-corrected chi connectivity index (χ4v) is 2.72. The molecule has 2 aromatic heterocycles. The van der Waals surface area contributed by atoms with Crippen LogP contribution in [0.25, 0.3) is 10.9 Å². The molecule has 3 rings (SSSR count). The second kappa shape index (κ2) is 6.84. The molecule has 1 aromatic carbocycles. The highest BCUT2D eigenvalue weighted by Crippen LogP contribution is 2.21. The van der Waals surface area contributed by atoms with Gasteiger partial charge in [0.2, 0.25) is 0 Å². The smallest absolute Gasteiger partial charge is 0.252 e. The molecule has 3 aromatic rings. The first-order valence-electron chi connectivity index (χ1n) is 7.52. The van der Waals surface area contributed by atoms with Crippen molar-refractivity contribution in [3.05, 3.63) is 65.2 Å². The van der Waals surface area contributed by atoms with Crippen LogP contribution in [0.15, 0.2) is 53.1 Å². The van der Waals surface area contributed by atoms with Gasteiger partial charge in [0.25, 0.3) is 5.91 Å². The summed E-state index contributed by atoms with van der Waals surface area (Å²) in [4.78, 5) is 16.8. The van der Waals surface area contributed by atoms with Gasteiger partial charge in [-0.15, -0.1) is 0 Å². The molecule has 5 heteroatoms. The van der Waals surface area contributed by atoms with E-state index in [1.165, 1.54) is 0 Å². The zero-order chi connectivity index (χ0) is 16.2. The van der Waals surface area contributed by atoms with Gasteiger partial charge < -0.3 is 9.73 Å². The number of fused-ring (bicyclic) bond motifs is 1. The van der Waals surface area contributed by atoms with E-state index in [0.717, 1.165) is 24.0 Å². The van der Waals surface area contributed by atoms with E-state index < -0.39 is 0 Å². The Balaban J connectivity index is 1.73. The summed E-state index contributed by atoms with van der Waals surface area (Å²) in [6.45, 7) is 1.98. The lowest BCUT2D eigenvalue weighted by Crippen LogP contribution is -2.33. The van der Waals surface area contributed by atoms with Crippen LogP contribution in [-0.2, 0) is 6.42 Å². The summed E-state index contributed by atoms with van der Waals surface area (Å²) in [5.74, 6) is 0.779. The second-order valence-electron chi connectivity index (χ2n) is 5.50. The van der Waals surface area contributed by atoms with Crippen LogP contribution < -0.4 is 5.32 Å². The van der Waals surface area contributed by atoms with Crippen molar-refractivity contribution in [1.82, 2.24) is 10.3 Å². The van der Waals surface area contributed by atoms with Crippen molar-refractivity contribution in [3.8, 4) is 0 Å². The normalized spacial score (nSPS) is 12.3. The van der Waals surface area contributed by atoms with Gasteiger partial charge in [0, 0.05) is 17.8 Å². The second-order valence-corrected chi connectivity index (χ2v) is 5.89. The molecule has 1 atom stereocenters. The third-order valence-electron chi connectivity index (χ3n) is 3.71. The molecule has 0 aliphatic rings. The number of furan rings is 1. The van der Waals surface area contributed by atoms with Gasteiger partial charge in [-0.05, 0) is 37.6 Å². The Kier molecular flexibility index (Phi) is 4.63. The van der Waals surface area contributed by atoms with E-state index in [1.807, 2.05) is 43.3 Å². The first kappa shape index (κ1) is 15.6. The van der Waals surface area contributed by atoms with Crippen LogP contribution in [0.4, 0.5) is 0 Å². The molecule has 118 valence electrons. The lowest BCUT2D eigenvalue weighted by atomic mass is 10.1. The standard InChI is InChI=1S/C18H17ClN2O2/c1-12(8-9-13-5-4-10-23-13)20-18(22)15-11-17(19)21-16-7-3-2-6-14(15)16/h2-7,10-12H,8-9H2,1H3,(H,20,22). The number of pyridine rings is 1. The van der Waals surface area contributed by atoms with Crippen molar-refractivity contribution in [3.63, 3.8) is 0 Å². The van der Waals surface area contributed by atoms with Gasteiger partial charge in [-0.25, -0.2) is 4.98 Å². The fourth-order valence-electron chi connectivity index (χ4n) is 2.52. The summed E-state index contributed by atoms with van der Waals surface area (Å²) in [5, 5.41) is 4.13. The van der Waals surface area contributed by atoms with Crippen molar-refractivity contribution in [2.24, 2.45) is 0 Å². The average Bonchev–Trinajstić information content (AvgIpc) is 3.05. The Morgan fingerprint density at radius 3 is 2.91 bits per heavy atom. The van der Waals surface area contributed by atoms with Gasteiger partial charge in [0.1, 0.15) is 10.9 Å². The van der Waals surface area contributed by atoms with E-state index in [0.29, 0.717) is 16.2 Å². The van der Waals surface area contributed by atoms with Crippen molar-refractivity contribution in [2.45, 2.75) is 25.8 Å². The summed E-state index contributed by atoms with van der Waals surface area (Å²) in [6, 6.07) is 12.9. The predicted octanol–water partition coefficient (Wildman–Crippen LogP) is 4.23. The lowest BCUT2D eigenvalue weighted by molar-refractivity contribution is 0.0939. The Labute approximate surface area is 139 Å². The average molecular weight is 329 g/mol. The maximum Gasteiger partial charge on any atom is 0.252 e. The third kappa shape index (κ3) is 3.71. The quantitative estimate of drug-likeness (QED) is 0.713. The molecular weight excluding hydrogens is 312 g/mol. The van der Waals surface area contributed by atoms with Crippen LogP contribution >= 0.6 is 11.6 Å². The Hall–Kier alpha value is -2.33. The highest BCUT2D eigenvalue weighted by Gasteiger charge is 2.15. The van der Waals surface area contributed by atoms with E-state index in [4.69, 9.17) is 16.0 Å². The molecule has 1 amide bonds. The number of aryl methyl sites for hydroxylation is 1. The van der Waals surface area contributed by atoms with E-state index in [1.54, 1.807) is 12.3 Å². The third-order valence-corrected chi connectivity index (χ3v) is 3.90. The summed E-state index contributed by atoms with van der Waals surface area (Å²) in [6.07, 6.45) is 3.24. The number of carbonyl (C=O) groups is 1. The van der Waals surface area contributed by atoms with Gasteiger partial charge in [0.05, 0.1) is 17.3 Å². The minimum atomic E-state index is -0.141. The number of nitrogens with zero attached hydrogens (tertiary/aromatic N) is 1. The molecule has 0 bridgehead atoms. The number of para-hydroxylation sites is 1. The number of aromatic nitrogens is 1. The highest BCUT2D eigenvalue weighted by atomic mass is 35.5. The molecule has 0 spiro atoms. The van der Waals surface area contributed by atoms with Crippen LogP contribution in [0.5, 0.6) is 0 Å². The molecule has 0 saturated heterocycles. The van der Waals surface area contributed by atoms with Crippen LogP contribution in [0, 0.1) is 0 Å². The SMILES string of the molecule is CC(CCc1ccco1)NC(=O)c1cc(Cl)nc2ccccc12. The molecule has 4 nitrogen and oxygen atoms in total. The van der Waals surface area contributed by atoms with E-state index >= 15 is 0 Å². The zero-order valence-electron chi connectivity index (χ0n) is 12.8. The van der Waals surface area contributed by atoms with Gasteiger partial charge in [-0.1, -0.05) is 29.8 Å². The van der Waals surface area contributed by atoms with Crippen molar-refractivity contribution in [1.29, 1.82) is 0 Å². The van der Waals surface area contributed by atoms with Gasteiger partial charge in [-0.3, -0.25) is 4.79 Å². The van der Waals surface area contributed by atoms with Crippen LogP contribution in [0.3, 0.4) is 0 Å². The number of nitrogens with one attached hydrogen (secondary N) is 1. The predicted molar refractivity (Wildman–Crippen MR) is 90.7 cm³/mol. The largest absolute Gasteiger partial charge is 0.469 e. The maximum atomic E-state index is 12.6.